The van der Waals surface area contributed by atoms with Crippen molar-refractivity contribution in [1.29, 1.82) is 0 Å². The minimum Gasteiger partial charge on any atom is -0.389 e. The van der Waals surface area contributed by atoms with Crippen LogP contribution in [0.15, 0.2) is 6.20 Å². The molecule has 17 heavy (non-hydrogen) atoms. The summed E-state index contributed by atoms with van der Waals surface area (Å²) in [6.45, 7) is 1.93. The Labute approximate surface area is 106 Å². The molecule has 0 aliphatic rings. The van der Waals surface area contributed by atoms with E-state index < -0.39 is 10.0 Å². The molecular formula is C9H16N4O2S2. The van der Waals surface area contributed by atoms with Crippen LogP contribution in [0.2, 0.25) is 0 Å². The summed E-state index contributed by atoms with van der Waals surface area (Å²) in [7, 11) is -1.75. The third kappa shape index (κ3) is 3.67. The highest BCUT2D eigenvalue weighted by atomic mass is 32.2. The molecule has 0 bridgehead atoms. The maximum absolute atomic E-state index is 11.7. The standard InChI is InChI=1S/C9H16N4O2S2/c1-3-4-5-17(14,15)12-9-7(8(10)16)6-11-13(9)2/h6,12H,3-5H2,1-2H3,(H2,10,16). The van der Waals surface area contributed by atoms with Crippen LogP contribution in [0.4, 0.5) is 5.82 Å². The fraction of sp³-hybridized carbons (Fsp3) is 0.556. The molecule has 1 aromatic heterocycles. The summed E-state index contributed by atoms with van der Waals surface area (Å²) >= 11 is 4.83. The van der Waals surface area contributed by atoms with E-state index in [0.29, 0.717) is 17.8 Å². The van der Waals surface area contributed by atoms with Crippen LogP contribution in [0.25, 0.3) is 0 Å². The zero-order valence-electron chi connectivity index (χ0n) is 9.80. The van der Waals surface area contributed by atoms with Crippen molar-refractivity contribution in [3.8, 4) is 0 Å². The van der Waals surface area contributed by atoms with Gasteiger partial charge in [-0.1, -0.05) is 25.6 Å². The van der Waals surface area contributed by atoms with E-state index in [2.05, 4.69) is 9.82 Å². The molecule has 0 unspecified atom stereocenters. The third-order valence-corrected chi connectivity index (χ3v) is 3.77. The van der Waals surface area contributed by atoms with E-state index >= 15 is 0 Å². The van der Waals surface area contributed by atoms with Crippen LogP contribution >= 0.6 is 12.2 Å². The van der Waals surface area contributed by atoms with Gasteiger partial charge in [-0.25, -0.2) is 8.42 Å². The number of nitrogens with two attached hydrogens (primary N) is 1. The Morgan fingerprint density at radius 3 is 2.82 bits per heavy atom. The van der Waals surface area contributed by atoms with Crippen molar-refractivity contribution < 1.29 is 8.42 Å². The van der Waals surface area contributed by atoms with Crippen LogP contribution in [-0.2, 0) is 17.1 Å². The van der Waals surface area contributed by atoms with Crippen molar-refractivity contribution in [3.05, 3.63) is 11.8 Å². The lowest BCUT2D eigenvalue weighted by Crippen LogP contribution is -2.21. The van der Waals surface area contributed by atoms with Gasteiger partial charge in [0.15, 0.2) is 0 Å². The van der Waals surface area contributed by atoms with Gasteiger partial charge < -0.3 is 5.73 Å². The molecule has 0 fully saturated rings. The summed E-state index contributed by atoms with van der Waals surface area (Å²) < 4.78 is 27.4. The molecule has 0 aliphatic carbocycles. The first kappa shape index (κ1) is 13.9. The Morgan fingerprint density at radius 1 is 1.65 bits per heavy atom. The number of aryl methyl sites for hydroxylation is 1. The Morgan fingerprint density at radius 2 is 2.29 bits per heavy atom. The van der Waals surface area contributed by atoms with Gasteiger partial charge in [0.05, 0.1) is 17.5 Å². The zero-order valence-corrected chi connectivity index (χ0v) is 11.4. The predicted molar refractivity (Wildman–Crippen MR) is 71.4 cm³/mol. The predicted octanol–water partition coefficient (Wildman–Crippen LogP) is 0.596. The first-order chi connectivity index (χ1) is 7.87. The molecule has 0 saturated carbocycles. The van der Waals surface area contributed by atoms with Gasteiger partial charge in [0.1, 0.15) is 10.8 Å². The molecule has 0 radical (unpaired) electrons. The highest BCUT2D eigenvalue weighted by molar-refractivity contribution is 7.92. The molecule has 8 heteroatoms. The lowest BCUT2D eigenvalue weighted by Gasteiger charge is -2.09. The molecule has 1 rings (SSSR count). The fourth-order valence-electron chi connectivity index (χ4n) is 1.27. The average Bonchev–Trinajstić information content (AvgIpc) is 2.57. The van der Waals surface area contributed by atoms with E-state index in [1.807, 2.05) is 6.92 Å². The topological polar surface area (TPSA) is 90.0 Å². The highest BCUT2D eigenvalue weighted by Gasteiger charge is 2.17. The van der Waals surface area contributed by atoms with Crippen molar-refractivity contribution in [1.82, 2.24) is 9.78 Å². The van der Waals surface area contributed by atoms with Crippen LogP contribution in [0.3, 0.4) is 0 Å². The molecule has 3 N–H and O–H groups in total. The molecule has 1 heterocycles. The van der Waals surface area contributed by atoms with Gasteiger partial charge in [0, 0.05) is 7.05 Å². The third-order valence-electron chi connectivity index (χ3n) is 2.22. The zero-order chi connectivity index (χ0) is 13.1. The largest absolute Gasteiger partial charge is 0.389 e. The molecule has 6 nitrogen and oxygen atoms in total. The van der Waals surface area contributed by atoms with Crippen LogP contribution < -0.4 is 10.5 Å². The number of hydrogen-bond acceptors (Lipinski definition) is 4. The molecule has 0 spiro atoms. The molecule has 0 amide bonds. The van der Waals surface area contributed by atoms with E-state index in [-0.39, 0.29) is 10.7 Å². The molecule has 0 atom stereocenters. The van der Waals surface area contributed by atoms with Crippen LogP contribution in [0, 0.1) is 0 Å². The van der Waals surface area contributed by atoms with Crippen molar-refractivity contribution in [2.24, 2.45) is 12.8 Å². The number of nitrogens with one attached hydrogen (secondary N) is 1. The number of hydrogen-bond donors (Lipinski definition) is 2. The van der Waals surface area contributed by atoms with Gasteiger partial charge in [0.2, 0.25) is 10.0 Å². The molecule has 0 aliphatic heterocycles. The van der Waals surface area contributed by atoms with Gasteiger partial charge in [-0.2, -0.15) is 5.10 Å². The molecular weight excluding hydrogens is 260 g/mol. The maximum Gasteiger partial charge on any atom is 0.233 e. The second-order valence-electron chi connectivity index (χ2n) is 3.67. The maximum atomic E-state index is 11.7. The van der Waals surface area contributed by atoms with E-state index in [0.717, 1.165) is 6.42 Å². The molecule has 96 valence electrons. The monoisotopic (exact) mass is 276 g/mol. The lowest BCUT2D eigenvalue weighted by molar-refractivity contribution is 0.597. The van der Waals surface area contributed by atoms with Crippen LogP contribution in [-0.4, -0.2) is 28.9 Å². The summed E-state index contributed by atoms with van der Waals surface area (Å²) in [6, 6.07) is 0. The minimum absolute atomic E-state index is 0.0749. The van der Waals surface area contributed by atoms with Gasteiger partial charge in [-0.05, 0) is 6.42 Å². The molecule has 1 aromatic rings. The summed E-state index contributed by atoms with van der Waals surface area (Å²) in [5.74, 6) is 0.388. The Kier molecular flexibility index (Phi) is 4.47. The van der Waals surface area contributed by atoms with Crippen LogP contribution in [0.1, 0.15) is 25.3 Å². The van der Waals surface area contributed by atoms with E-state index in [1.165, 1.54) is 10.9 Å². The van der Waals surface area contributed by atoms with E-state index in [9.17, 15) is 8.42 Å². The van der Waals surface area contributed by atoms with Gasteiger partial charge >= 0.3 is 0 Å². The second-order valence-corrected chi connectivity index (χ2v) is 5.95. The molecule has 0 saturated heterocycles. The SMILES string of the molecule is CCCCS(=O)(=O)Nc1c(C(N)=S)cnn1C. The second kappa shape index (κ2) is 5.46. The number of nitrogens with zero attached hydrogens (tertiary/aromatic N) is 2. The van der Waals surface area contributed by atoms with E-state index in [1.54, 1.807) is 7.05 Å². The Bertz CT molecular complexity index is 507. The summed E-state index contributed by atoms with van der Waals surface area (Å²) in [5.41, 5.74) is 5.92. The summed E-state index contributed by atoms with van der Waals surface area (Å²) in [5, 5.41) is 3.92. The number of rotatable bonds is 6. The van der Waals surface area contributed by atoms with Crippen molar-refractivity contribution in [3.63, 3.8) is 0 Å². The molecule has 0 aromatic carbocycles. The number of anilines is 1. The van der Waals surface area contributed by atoms with Crippen molar-refractivity contribution >= 4 is 33.0 Å². The number of thiocarbonyl (C=S) groups is 1. The lowest BCUT2D eigenvalue weighted by atomic mass is 10.3. The van der Waals surface area contributed by atoms with Gasteiger partial charge in [0.25, 0.3) is 0 Å². The van der Waals surface area contributed by atoms with Gasteiger partial charge in [-0.3, -0.25) is 9.40 Å². The quantitative estimate of drug-likeness (QED) is 0.742. The normalized spacial score (nSPS) is 11.4. The fourth-order valence-corrected chi connectivity index (χ4v) is 2.73. The number of sulfonamides is 1. The highest BCUT2D eigenvalue weighted by Crippen LogP contribution is 2.15. The Hall–Kier alpha value is -1.15. The van der Waals surface area contributed by atoms with Crippen LogP contribution in [0.5, 0.6) is 0 Å². The van der Waals surface area contributed by atoms with E-state index in [4.69, 9.17) is 18.0 Å². The average molecular weight is 276 g/mol. The smallest absolute Gasteiger partial charge is 0.233 e. The van der Waals surface area contributed by atoms with Crippen molar-refractivity contribution in [2.75, 3.05) is 10.5 Å². The number of unbranched alkanes of at least 4 members (excludes halogenated alkanes) is 1. The van der Waals surface area contributed by atoms with Crippen molar-refractivity contribution in [2.45, 2.75) is 19.8 Å². The summed E-state index contributed by atoms with van der Waals surface area (Å²) in [4.78, 5) is 0.117. The summed E-state index contributed by atoms with van der Waals surface area (Å²) in [6.07, 6.45) is 2.87. The first-order valence-electron chi connectivity index (χ1n) is 5.19. The Balaban J connectivity index is 2.95. The van der Waals surface area contributed by atoms with Gasteiger partial charge in [-0.15, -0.1) is 0 Å². The number of aromatic nitrogens is 2. The first-order valence-corrected chi connectivity index (χ1v) is 7.25. The minimum atomic E-state index is -3.37.